The van der Waals surface area contributed by atoms with Crippen molar-refractivity contribution in [3.63, 3.8) is 0 Å². The minimum Gasteiger partial charge on any atom is -0.496 e. The van der Waals surface area contributed by atoms with Gasteiger partial charge in [0.05, 0.1) is 12.0 Å². The molecule has 0 aliphatic heterocycles. The molecule has 14 heavy (non-hydrogen) atoms. The first kappa shape index (κ1) is 9.97. The molecule has 0 aliphatic carbocycles. The maximum atomic E-state index is 10.7. The number of rotatable bonds is 3. The third-order valence-electron chi connectivity index (χ3n) is 1.63. The molecule has 0 amide bonds. The van der Waals surface area contributed by atoms with Crippen LogP contribution in [0.4, 0.5) is 5.69 Å². The van der Waals surface area contributed by atoms with Crippen molar-refractivity contribution in [1.82, 2.24) is 0 Å². The van der Waals surface area contributed by atoms with Crippen molar-refractivity contribution >= 4 is 11.7 Å². The highest BCUT2D eigenvalue weighted by Crippen LogP contribution is 2.27. The Kier molecular flexibility index (Phi) is 2.66. The number of benzene rings is 1. The van der Waals surface area contributed by atoms with Crippen LogP contribution in [0.1, 0.15) is 10.4 Å². The summed E-state index contributed by atoms with van der Waals surface area (Å²) < 4.78 is 4.71. The number of carboxylic acid groups (broad SMARTS) is 1. The van der Waals surface area contributed by atoms with Gasteiger partial charge < -0.3 is 9.84 Å². The average molecular weight is 197 g/mol. The molecule has 0 spiro atoms. The van der Waals surface area contributed by atoms with Crippen molar-refractivity contribution in [3.05, 3.63) is 33.9 Å². The number of nitro benzene ring substituents is 1. The number of nitrogens with zero attached hydrogens (tertiary/aromatic N) is 1. The largest absolute Gasteiger partial charge is 0.496 e. The SMILES string of the molecule is COc1cccc([N+](=O)[O-])c1C(=O)O. The molecule has 0 unspecified atom stereocenters. The summed E-state index contributed by atoms with van der Waals surface area (Å²) in [4.78, 5) is 20.4. The van der Waals surface area contributed by atoms with E-state index in [4.69, 9.17) is 9.84 Å². The molecule has 1 aromatic carbocycles. The molecule has 0 heterocycles. The molecule has 0 radical (unpaired) electrons. The van der Waals surface area contributed by atoms with Crippen LogP contribution in [0.3, 0.4) is 0 Å². The van der Waals surface area contributed by atoms with Crippen molar-refractivity contribution in [2.45, 2.75) is 0 Å². The topological polar surface area (TPSA) is 89.7 Å². The first-order valence-electron chi connectivity index (χ1n) is 3.62. The number of hydrogen-bond acceptors (Lipinski definition) is 4. The zero-order chi connectivity index (χ0) is 10.7. The Morgan fingerprint density at radius 1 is 1.57 bits per heavy atom. The van der Waals surface area contributed by atoms with E-state index in [1.165, 1.54) is 19.2 Å². The van der Waals surface area contributed by atoms with Crippen LogP contribution in [0, 0.1) is 10.1 Å². The van der Waals surface area contributed by atoms with Gasteiger partial charge in [-0.25, -0.2) is 4.79 Å². The van der Waals surface area contributed by atoms with Gasteiger partial charge in [0.2, 0.25) is 0 Å². The minimum absolute atomic E-state index is 0.0216. The predicted octanol–water partition coefficient (Wildman–Crippen LogP) is 1.30. The summed E-state index contributed by atoms with van der Waals surface area (Å²) in [5.41, 5.74) is -0.906. The number of carboxylic acids is 1. The van der Waals surface area contributed by atoms with E-state index in [0.29, 0.717) is 0 Å². The summed E-state index contributed by atoms with van der Waals surface area (Å²) >= 11 is 0. The van der Waals surface area contributed by atoms with Gasteiger partial charge in [0, 0.05) is 6.07 Å². The number of methoxy groups -OCH3 is 1. The van der Waals surface area contributed by atoms with Crippen LogP contribution in [0.5, 0.6) is 5.75 Å². The summed E-state index contributed by atoms with van der Waals surface area (Å²) in [5, 5.41) is 19.2. The lowest BCUT2D eigenvalue weighted by Crippen LogP contribution is -2.05. The van der Waals surface area contributed by atoms with Gasteiger partial charge in [-0.2, -0.15) is 0 Å². The number of hydrogen-bond donors (Lipinski definition) is 1. The summed E-state index contributed by atoms with van der Waals surface area (Å²) in [6.07, 6.45) is 0. The van der Waals surface area contributed by atoms with Crippen LogP contribution in [0.2, 0.25) is 0 Å². The van der Waals surface area contributed by atoms with E-state index in [0.717, 1.165) is 6.07 Å². The maximum Gasteiger partial charge on any atom is 0.346 e. The van der Waals surface area contributed by atoms with Crippen molar-refractivity contribution in [2.24, 2.45) is 0 Å². The lowest BCUT2D eigenvalue weighted by atomic mass is 10.1. The highest BCUT2D eigenvalue weighted by molar-refractivity contribution is 5.95. The van der Waals surface area contributed by atoms with Gasteiger partial charge >= 0.3 is 5.97 Å². The highest BCUT2D eigenvalue weighted by atomic mass is 16.6. The molecule has 0 aliphatic rings. The third kappa shape index (κ3) is 1.63. The van der Waals surface area contributed by atoms with E-state index in [-0.39, 0.29) is 5.75 Å². The Hall–Kier alpha value is -2.11. The first-order chi connectivity index (χ1) is 6.57. The molecule has 6 nitrogen and oxygen atoms in total. The van der Waals surface area contributed by atoms with Crippen molar-refractivity contribution in [1.29, 1.82) is 0 Å². The van der Waals surface area contributed by atoms with Gasteiger partial charge in [0.15, 0.2) is 5.56 Å². The number of carbonyl (C=O) groups is 1. The van der Waals surface area contributed by atoms with Gasteiger partial charge in [0.1, 0.15) is 5.75 Å². The van der Waals surface area contributed by atoms with E-state index < -0.39 is 22.1 Å². The molecule has 1 N–H and O–H groups in total. The fourth-order valence-electron chi connectivity index (χ4n) is 1.06. The zero-order valence-electron chi connectivity index (χ0n) is 7.26. The van der Waals surface area contributed by atoms with Crippen LogP contribution < -0.4 is 4.74 Å². The van der Waals surface area contributed by atoms with Gasteiger partial charge in [-0.05, 0) is 6.07 Å². The van der Waals surface area contributed by atoms with E-state index >= 15 is 0 Å². The second kappa shape index (κ2) is 3.73. The molecule has 6 heteroatoms. The fourth-order valence-corrected chi connectivity index (χ4v) is 1.06. The van der Waals surface area contributed by atoms with Crippen LogP contribution in [-0.2, 0) is 0 Å². The predicted molar refractivity (Wildman–Crippen MR) is 46.6 cm³/mol. The van der Waals surface area contributed by atoms with Crippen LogP contribution >= 0.6 is 0 Å². The van der Waals surface area contributed by atoms with Crippen molar-refractivity contribution in [3.8, 4) is 5.75 Å². The molecule has 74 valence electrons. The summed E-state index contributed by atoms with van der Waals surface area (Å²) in [7, 11) is 1.26. The Bertz CT molecular complexity index is 387. The summed E-state index contributed by atoms with van der Waals surface area (Å²) in [6.45, 7) is 0. The smallest absolute Gasteiger partial charge is 0.346 e. The molecular formula is C8H7NO5. The van der Waals surface area contributed by atoms with Gasteiger partial charge in [0.25, 0.3) is 5.69 Å². The van der Waals surface area contributed by atoms with E-state index in [1.807, 2.05) is 0 Å². The molecule has 0 atom stereocenters. The Balaban J connectivity index is 3.43. The Morgan fingerprint density at radius 2 is 2.21 bits per heavy atom. The number of nitro groups is 1. The molecule has 0 aromatic heterocycles. The standard InChI is InChI=1S/C8H7NO5/c1-14-6-4-2-3-5(9(12)13)7(6)8(10)11/h2-4H,1H3,(H,10,11). The molecule has 0 saturated heterocycles. The Labute approximate surface area is 78.9 Å². The van der Waals surface area contributed by atoms with Gasteiger partial charge in [-0.3, -0.25) is 10.1 Å². The maximum absolute atomic E-state index is 10.7. The van der Waals surface area contributed by atoms with Crippen LogP contribution in [0.25, 0.3) is 0 Å². The molecule has 1 rings (SSSR count). The Morgan fingerprint density at radius 3 is 2.64 bits per heavy atom. The van der Waals surface area contributed by atoms with Gasteiger partial charge in [-0.1, -0.05) is 6.07 Å². The fraction of sp³-hybridized carbons (Fsp3) is 0.125. The minimum atomic E-state index is -1.38. The summed E-state index contributed by atoms with van der Waals surface area (Å²) in [5.74, 6) is -1.40. The molecule has 0 bridgehead atoms. The van der Waals surface area contributed by atoms with Crippen molar-refractivity contribution < 1.29 is 19.6 Å². The van der Waals surface area contributed by atoms with E-state index in [1.54, 1.807) is 0 Å². The van der Waals surface area contributed by atoms with E-state index in [9.17, 15) is 14.9 Å². The zero-order valence-corrected chi connectivity index (χ0v) is 7.26. The lowest BCUT2D eigenvalue weighted by molar-refractivity contribution is -0.385. The molecule has 1 aromatic rings. The molecular weight excluding hydrogens is 190 g/mol. The third-order valence-corrected chi connectivity index (χ3v) is 1.63. The van der Waals surface area contributed by atoms with Crippen molar-refractivity contribution in [2.75, 3.05) is 7.11 Å². The lowest BCUT2D eigenvalue weighted by Gasteiger charge is -2.03. The highest BCUT2D eigenvalue weighted by Gasteiger charge is 2.23. The molecule has 0 fully saturated rings. The normalized spacial score (nSPS) is 9.50. The molecule has 0 saturated carbocycles. The average Bonchev–Trinajstić information content (AvgIpc) is 2.16. The van der Waals surface area contributed by atoms with Gasteiger partial charge in [-0.15, -0.1) is 0 Å². The quantitative estimate of drug-likeness (QED) is 0.582. The van der Waals surface area contributed by atoms with Crippen LogP contribution in [0.15, 0.2) is 18.2 Å². The summed E-state index contributed by atoms with van der Waals surface area (Å²) in [6, 6.07) is 3.84. The van der Waals surface area contributed by atoms with E-state index in [2.05, 4.69) is 0 Å². The van der Waals surface area contributed by atoms with Crippen LogP contribution in [-0.4, -0.2) is 23.1 Å². The number of aromatic carboxylic acids is 1. The second-order valence-electron chi connectivity index (χ2n) is 2.42. The first-order valence-corrected chi connectivity index (χ1v) is 3.62. The monoisotopic (exact) mass is 197 g/mol. The number of ether oxygens (including phenoxy) is 1. The second-order valence-corrected chi connectivity index (χ2v) is 2.42.